The third-order valence-corrected chi connectivity index (χ3v) is 3.40. The van der Waals surface area contributed by atoms with Crippen molar-refractivity contribution >= 4 is 23.0 Å². The number of ether oxygens (including phenoxy) is 1. The Labute approximate surface area is 124 Å². The Kier molecular flexibility index (Phi) is 5.50. The molecule has 0 amide bonds. The molecule has 0 N–H and O–H groups in total. The Bertz CT molecular complexity index is 631. The van der Waals surface area contributed by atoms with Crippen LogP contribution >= 0.6 is 0 Å². The summed E-state index contributed by atoms with van der Waals surface area (Å²) in [5.41, 5.74) is 1.21. The number of hydrogen-bond donors (Lipinski definition) is 0. The lowest BCUT2D eigenvalue weighted by atomic mass is 10.1. The molecule has 0 fully saturated rings. The third-order valence-electron chi connectivity index (χ3n) is 3.40. The van der Waals surface area contributed by atoms with Gasteiger partial charge >= 0.3 is 5.97 Å². The Balaban J connectivity index is 1.89. The van der Waals surface area contributed by atoms with Crippen LogP contribution in [-0.2, 0) is 9.59 Å². The van der Waals surface area contributed by atoms with E-state index in [1.54, 1.807) is 0 Å². The predicted octanol–water partition coefficient (Wildman–Crippen LogP) is 4.20. The molecule has 2 aromatic rings. The van der Waals surface area contributed by atoms with Crippen LogP contribution in [0.25, 0.3) is 10.8 Å². The molecule has 110 valence electrons. The molecule has 0 bridgehead atoms. The van der Waals surface area contributed by atoms with E-state index in [0.29, 0.717) is 18.6 Å². The number of esters is 1. The number of benzene rings is 2. The number of carbonyl (C=O) groups is 2. The van der Waals surface area contributed by atoms with Crippen LogP contribution in [0.15, 0.2) is 36.4 Å². The quantitative estimate of drug-likeness (QED) is 0.331. The first-order valence-electron chi connectivity index (χ1n) is 7.34. The number of rotatable bonds is 7. The van der Waals surface area contributed by atoms with Gasteiger partial charge in [-0.3, -0.25) is 4.79 Å². The summed E-state index contributed by atoms with van der Waals surface area (Å²) in [6, 6.07) is 11.9. The monoisotopic (exact) mass is 284 g/mol. The Hall–Kier alpha value is -2.16. The van der Waals surface area contributed by atoms with Gasteiger partial charge in [-0.1, -0.05) is 36.2 Å². The Morgan fingerprint density at radius 1 is 1.05 bits per heavy atom. The van der Waals surface area contributed by atoms with Crippen LogP contribution in [0.1, 0.15) is 37.7 Å². The van der Waals surface area contributed by atoms with E-state index in [9.17, 15) is 9.59 Å². The molecule has 0 spiro atoms. The molecule has 0 radical (unpaired) electrons. The van der Waals surface area contributed by atoms with E-state index >= 15 is 0 Å². The largest absolute Gasteiger partial charge is 0.427 e. The molecule has 3 nitrogen and oxygen atoms in total. The van der Waals surface area contributed by atoms with Crippen molar-refractivity contribution in [2.45, 2.75) is 39.0 Å². The van der Waals surface area contributed by atoms with Gasteiger partial charge in [0.2, 0.25) is 0 Å². The first kappa shape index (κ1) is 15.2. The van der Waals surface area contributed by atoms with Crippen molar-refractivity contribution in [2.24, 2.45) is 0 Å². The van der Waals surface area contributed by atoms with Gasteiger partial charge in [-0.15, -0.1) is 0 Å². The maximum Gasteiger partial charge on any atom is 0.311 e. The van der Waals surface area contributed by atoms with Gasteiger partial charge in [0.25, 0.3) is 0 Å². The summed E-state index contributed by atoms with van der Waals surface area (Å²) < 4.78 is 5.35. The molecule has 21 heavy (non-hydrogen) atoms. The highest BCUT2D eigenvalue weighted by molar-refractivity contribution is 5.85. The van der Waals surface area contributed by atoms with Crippen molar-refractivity contribution in [2.75, 3.05) is 0 Å². The minimum absolute atomic E-state index is 0.215. The summed E-state index contributed by atoms with van der Waals surface area (Å²) in [6.07, 6.45) is 4.36. The van der Waals surface area contributed by atoms with E-state index in [0.717, 1.165) is 36.3 Å². The van der Waals surface area contributed by atoms with Crippen LogP contribution < -0.4 is 4.74 Å². The summed E-state index contributed by atoms with van der Waals surface area (Å²) in [5, 5.41) is 2.21. The molecule has 2 aromatic carbocycles. The van der Waals surface area contributed by atoms with Gasteiger partial charge in [-0.05, 0) is 42.7 Å². The highest BCUT2D eigenvalue weighted by Gasteiger charge is 2.05. The average molecular weight is 284 g/mol. The Morgan fingerprint density at radius 3 is 2.62 bits per heavy atom. The number of hydrogen-bond acceptors (Lipinski definition) is 3. The zero-order chi connectivity index (χ0) is 15.1. The summed E-state index contributed by atoms with van der Waals surface area (Å²) in [7, 11) is 0. The van der Waals surface area contributed by atoms with Crippen molar-refractivity contribution in [1.29, 1.82) is 0 Å². The van der Waals surface area contributed by atoms with Crippen molar-refractivity contribution in [3.63, 3.8) is 0 Å². The second-order valence-electron chi connectivity index (χ2n) is 5.25. The number of carbonyl (C=O) groups excluding carboxylic acids is 2. The fraction of sp³-hybridized carbons (Fsp3) is 0.333. The molecule has 2 rings (SSSR count). The van der Waals surface area contributed by atoms with Crippen LogP contribution in [0.2, 0.25) is 0 Å². The number of aldehydes is 1. The fourth-order valence-corrected chi connectivity index (χ4v) is 2.26. The highest BCUT2D eigenvalue weighted by Crippen LogP contribution is 2.22. The van der Waals surface area contributed by atoms with E-state index < -0.39 is 0 Å². The maximum absolute atomic E-state index is 11.7. The predicted molar refractivity (Wildman–Crippen MR) is 83.5 cm³/mol. The van der Waals surface area contributed by atoms with Gasteiger partial charge in [-0.2, -0.15) is 0 Å². The van der Waals surface area contributed by atoms with Gasteiger partial charge in [0, 0.05) is 12.8 Å². The minimum Gasteiger partial charge on any atom is -0.427 e. The van der Waals surface area contributed by atoms with Crippen molar-refractivity contribution in [1.82, 2.24) is 0 Å². The minimum atomic E-state index is -0.215. The molecule has 0 unspecified atom stereocenters. The lowest BCUT2D eigenvalue weighted by Gasteiger charge is -2.06. The van der Waals surface area contributed by atoms with Gasteiger partial charge in [-0.25, -0.2) is 0 Å². The lowest BCUT2D eigenvalue weighted by Crippen LogP contribution is -2.07. The molecule has 0 aliphatic rings. The smallest absolute Gasteiger partial charge is 0.311 e. The second kappa shape index (κ2) is 7.58. The number of aryl methyl sites for hydroxylation is 1. The van der Waals surface area contributed by atoms with Gasteiger partial charge in [0.1, 0.15) is 12.0 Å². The van der Waals surface area contributed by atoms with Crippen LogP contribution in [-0.4, -0.2) is 12.3 Å². The molecular formula is C18H20O3. The molecule has 0 atom stereocenters. The van der Waals surface area contributed by atoms with Gasteiger partial charge in [0.15, 0.2) is 0 Å². The fourth-order valence-electron chi connectivity index (χ4n) is 2.26. The van der Waals surface area contributed by atoms with E-state index in [4.69, 9.17) is 4.74 Å². The highest BCUT2D eigenvalue weighted by atomic mass is 16.5. The number of unbranched alkanes of at least 4 members (excludes halogenated alkanes) is 3. The second-order valence-corrected chi connectivity index (χ2v) is 5.25. The lowest BCUT2D eigenvalue weighted by molar-refractivity contribution is -0.134. The molecule has 0 saturated heterocycles. The molecular weight excluding hydrogens is 264 g/mol. The van der Waals surface area contributed by atoms with Crippen LogP contribution in [0.5, 0.6) is 5.75 Å². The van der Waals surface area contributed by atoms with E-state index in [1.165, 1.54) is 5.56 Å². The van der Waals surface area contributed by atoms with E-state index in [-0.39, 0.29) is 5.97 Å². The van der Waals surface area contributed by atoms with Gasteiger partial charge < -0.3 is 9.53 Å². The number of fused-ring (bicyclic) bond motifs is 1. The average Bonchev–Trinajstić information content (AvgIpc) is 2.47. The summed E-state index contributed by atoms with van der Waals surface area (Å²) in [5.74, 6) is 0.372. The first-order valence-corrected chi connectivity index (χ1v) is 7.34. The molecule has 0 saturated carbocycles. The molecule has 0 heterocycles. The van der Waals surface area contributed by atoms with Crippen molar-refractivity contribution < 1.29 is 14.3 Å². The summed E-state index contributed by atoms with van der Waals surface area (Å²) in [6.45, 7) is 2.05. The van der Waals surface area contributed by atoms with Crippen molar-refractivity contribution in [3.05, 3.63) is 42.0 Å². The van der Waals surface area contributed by atoms with Crippen LogP contribution in [0.3, 0.4) is 0 Å². The van der Waals surface area contributed by atoms with Crippen LogP contribution in [0, 0.1) is 6.92 Å². The van der Waals surface area contributed by atoms with E-state index in [1.807, 2.05) is 30.3 Å². The Morgan fingerprint density at radius 2 is 1.81 bits per heavy atom. The normalized spacial score (nSPS) is 10.5. The summed E-state index contributed by atoms with van der Waals surface area (Å²) in [4.78, 5) is 21.9. The zero-order valence-corrected chi connectivity index (χ0v) is 12.3. The summed E-state index contributed by atoms with van der Waals surface area (Å²) >= 11 is 0. The maximum atomic E-state index is 11.7. The molecule has 0 aromatic heterocycles. The molecule has 3 heteroatoms. The SMILES string of the molecule is Cc1ccc2cc(OC(=O)CCCCCC=O)ccc2c1. The van der Waals surface area contributed by atoms with Crippen LogP contribution in [0.4, 0.5) is 0 Å². The first-order chi connectivity index (χ1) is 10.2. The standard InChI is InChI=1S/C18H20O3/c1-14-7-8-16-13-17(10-9-15(16)12-14)21-18(20)6-4-2-3-5-11-19/h7-13H,2-6H2,1H3. The zero-order valence-electron chi connectivity index (χ0n) is 12.3. The molecule has 0 aliphatic heterocycles. The van der Waals surface area contributed by atoms with Gasteiger partial charge in [0.05, 0.1) is 0 Å². The third kappa shape index (κ3) is 4.71. The topological polar surface area (TPSA) is 43.4 Å². The van der Waals surface area contributed by atoms with E-state index in [2.05, 4.69) is 13.0 Å². The molecule has 0 aliphatic carbocycles. The van der Waals surface area contributed by atoms with Crippen molar-refractivity contribution in [3.8, 4) is 5.75 Å².